The highest BCUT2D eigenvalue weighted by molar-refractivity contribution is 5.89. The van der Waals surface area contributed by atoms with Crippen molar-refractivity contribution in [2.24, 2.45) is 5.92 Å². The number of hydrogen-bond donors (Lipinski definition) is 0. The highest BCUT2D eigenvalue weighted by Gasteiger charge is 2.34. The lowest BCUT2D eigenvalue weighted by Gasteiger charge is -2.24. The summed E-state index contributed by atoms with van der Waals surface area (Å²) in [7, 11) is 1.68. The summed E-state index contributed by atoms with van der Waals surface area (Å²) in [5.74, 6) is -0.846. The Morgan fingerprint density at radius 3 is 2.81 bits per heavy atom. The monoisotopic (exact) mass is 290 g/mol. The van der Waals surface area contributed by atoms with E-state index in [0.717, 1.165) is 0 Å². The van der Waals surface area contributed by atoms with E-state index in [0.29, 0.717) is 18.7 Å². The van der Waals surface area contributed by atoms with Crippen molar-refractivity contribution in [1.29, 1.82) is 0 Å². The Hall–Kier alpha value is -2.17. The van der Waals surface area contributed by atoms with Crippen LogP contribution in [-0.4, -0.2) is 41.8 Å². The van der Waals surface area contributed by atoms with E-state index in [1.54, 1.807) is 41.1 Å². The Kier molecular flexibility index (Phi) is 4.73. The van der Waals surface area contributed by atoms with E-state index in [1.807, 2.05) is 0 Å². The summed E-state index contributed by atoms with van der Waals surface area (Å²) in [6.45, 7) is 4.58. The van der Waals surface area contributed by atoms with E-state index in [9.17, 15) is 14.0 Å². The predicted octanol–water partition coefficient (Wildman–Crippen LogP) is 1.82. The van der Waals surface area contributed by atoms with Gasteiger partial charge in [0.15, 0.2) is 0 Å². The van der Waals surface area contributed by atoms with Gasteiger partial charge < -0.3 is 9.80 Å². The Morgan fingerprint density at radius 2 is 2.24 bits per heavy atom. The number of nitrogens with zero attached hydrogens (tertiary/aromatic N) is 2. The number of rotatable bonds is 5. The van der Waals surface area contributed by atoms with Crippen molar-refractivity contribution in [3.63, 3.8) is 0 Å². The molecule has 4 nitrogen and oxygen atoms in total. The molecule has 0 aromatic heterocycles. The SMILES string of the molecule is C=CCN(Cc1ccccc1F)C(=O)[C@H]1CC(=O)N(C)C1. The summed E-state index contributed by atoms with van der Waals surface area (Å²) in [6.07, 6.45) is 1.83. The molecule has 0 N–H and O–H groups in total. The van der Waals surface area contributed by atoms with Crippen LogP contribution in [0.1, 0.15) is 12.0 Å². The molecule has 0 spiro atoms. The molecule has 0 bridgehead atoms. The maximum atomic E-state index is 13.7. The van der Waals surface area contributed by atoms with Crippen LogP contribution in [0.3, 0.4) is 0 Å². The van der Waals surface area contributed by atoms with Gasteiger partial charge >= 0.3 is 0 Å². The molecular formula is C16H19FN2O2. The Labute approximate surface area is 123 Å². The lowest BCUT2D eigenvalue weighted by Crippen LogP contribution is -2.37. The maximum Gasteiger partial charge on any atom is 0.228 e. The molecule has 1 saturated heterocycles. The quantitative estimate of drug-likeness (QED) is 0.776. The highest BCUT2D eigenvalue weighted by Crippen LogP contribution is 2.20. The predicted molar refractivity (Wildman–Crippen MR) is 77.8 cm³/mol. The number of halogens is 1. The van der Waals surface area contributed by atoms with Crippen molar-refractivity contribution in [2.45, 2.75) is 13.0 Å². The molecule has 2 amide bonds. The minimum atomic E-state index is -0.353. The van der Waals surface area contributed by atoms with Crippen LogP contribution < -0.4 is 0 Å². The number of carbonyl (C=O) groups excluding carboxylic acids is 2. The van der Waals surface area contributed by atoms with Gasteiger partial charge in [-0.15, -0.1) is 6.58 Å². The third-order valence-corrected chi connectivity index (χ3v) is 3.67. The second-order valence-corrected chi connectivity index (χ2v) is 5.27. The van der Waals surface area contributed by atoms with Crippen LogP contribution in [0.2, 0.25) is 0 Å². The third kappa shape index (κ3) is 3.48. The Balaban J connectivity index is 2.12. The van der Waals surface area contributed by atoms with Gasteiger partial charge in [0.1, 0.15) is 5.82 Å². The number of benzene rings is 1. The molecule has 2 rings (SSSR count). The maximum absolute atomic E-state index is 13.7. The average Bonchev–Trinajstić information content (AvgIpc) is 2.80. The summed E-state index contributed by atoms with van der Waals surface area (Å²) in [6, 6.07) is 6.38. The summed E-state index contributed by atoms with van der Waals surface area (Å²) in [5.41, 5.74) is 0.463. The second-order valence-electron chi connectivity index (χ2n) is 5.27. The first-order chi connectivity index (χ1) is 10.0. The Bertz CT molecular complexity index is 559. The van der Waals surface area contributed by atoms with E-state index in [2.05, 4.69) is 6.58 Å². The minimum Gasteiger partial charge on any atom is -0.345 e. The van der Waals surface area contributed by atoms with Crippen molar-refractivity contribution in [3.05, 3.63) is 48.3 Å². The minimum absolute atomic E-state index is 0.0298. The fraction of sp³-hybridized carbons (Fsp3) is 0.375. The van der Waals surface area contributed by atoms with Crippen LogP contribution in [0.5, 0.6) is 0 Å². The van der Waals surface area contributed by atoms with Crippen LogP contribution >= 0.6 is 0 Å². The van der Waals surface area contributed by atoms with E-state index < -0.39 is 0 Å². The van der Waals surface area contributed by atoms with Gasteiger partial charge in [-0.25, -0.2) is 4.39 Å². The fourth-order valence-electron chi connectivity index (χ4n) is 2.51. The molecule has 1 aliphatic heterocycles. The van der Waals surface area contributed by atoms with Crippen molar-refractivity contribution in [1.82, 2.24) is 9.80 Å². The lowest BCUT2D eigenvalue weighted by molar-refractivity contribution is -0.135. The van der Waals surface area contributed by atoms with Crippen LogP contribution in [0.4, 0.5) is 4.39 Å². The summed E-state index contributed by atoms with van der Waals surface area (Å²) in [4.78, 5) is 27.2. The van der Waals surface area contributed by atoms with Gasteiger partial charge in [-0.05, 0) is 6.07 Å². The molecule has 0 saturated carbocycles. The first-order valence-electron chi connectivity index (χ1n) is 6.90. The van der Waals surface area contributed by atoms with Gasteiger partial charge in [0.2, 0.25) is 11.8 Å². The van der Waals surface area contributed by atoms with Crippen molar-refractivity contribution in [2.75, 3.05) is 20.1 Å². The molecule has 112 valence electrons. The van der Waals surface area contributed by atoms with E-state index in [4.69, 9.17) is 0 Å². The average molecular weight is 290 g/mol. The summed E-state index contributed by atoms with van der Waals surface area (Å²) >= 11 is 0. The molecule has 1 fully saturated rings. The zero-order chi connectivity index (χ0) is 15.4. The van der Waals surface area contributed by atoms with Crippen molar-refractivity contribution >= 4 is 11.8 Å². The molecule has 1 aliphatic rings. The third-order valence-electron chi connectivity index (χ3n) is 3.67. The molecule has 0 unspecified atom stereocenters. The molecule has 1 atom stereocenters. The lowest BCUT2D eigenvalue weighted by atomic mass is 10.1. The Morgan fingerprint density at radius 1 is 1.52 bits per heavy atom. The van der Waals surface area contributed by atoms with Crippen LogP contribution in [0, 0.1) is 11.7 Å². The van der Waals surface area contributed by atoms with E-state index in [-0.39, 0.29) is 36.5 Å². The fourth-order valence-corrected chi connectivity index (χ4v) is 2.51. The highest BCUT2D eigenvalue weighted by atomic mass is 19.1. The summed E-state index contributed by atoms with van der Waals surface area (Å²) < 4.78 is 13.7. The smallest absolute Gasteiger partial charge is 0.228 e. The first kappa shape index (κ1) is 15.2. The zero-order valence-electron chi connectivity index (χ0n) is 12.1. The molecule has 0 aliphatic carbocycles. The normalized spacial score (nSPS) is 17.9. The second kappa shape index (κ2) is 6.52. The topological polar surface area (TPSA) is 40.6 Å². The van der Waals surface area contributed by atoms with Gasteiger partial charge in [-0.1, -0.05) is 24.3 Å². The summed E-state index contributed by atoms with van der Waals surface area (Å²) in [5, 5.41) is 0. The van der Waals surface area contributed by atoms with Crippen LogP contribution in [0.25, 0.3) is 0 Å². The van der Waals surface area contributed by atoms with Gasteiger partial charge in [0, 0.05) is 38.7 Å². The number of likely N-dealkylation sites (tertiary alicyclic amines) is 1. The standard InChI is InChI=1S/C16H19FN2O2/c1-3-8-19(11-12-6-4-5-7-14(12)17)16(21)13-9-15(20)18(2)10-13/h3-7,13H,1,8-11H2,2H3/t13-/m0/s1. The van der Waals surface area contributed by atoms with Gasteiger partial charge in [0.05, 0.1) is 5.92 Å². The largest absolute Gasteiger partial charge is 0.345 e. The number of amides is 2. The van der Waals surface area contributed by atoms with Gasteiger partial charge in [-0.2, -0.15) is 0 Å². The van der Waals surface area contributed by atoms with Crippen molar-refractivity contribution in [3.8, 4) is 0 Å². The molecule has 1 aromatic rings. The molecule has 5 heteroatoms. The van der Waals surface area contributed by atoms with Crippen molar-refractivity contribution < 1.29 is 14.0 Å². The first-order valence-corrected chi connectivity index (χ1v) is 6.90. The number of carbonyl (C=O) groups is 2. The molecular weight excluding hydrogens is 271 g/mol. The van der Waals surface area contributed by atoms with Crippen LogP contribution in [-0.2, 0) is 16.1 Å². The molecule has 1 aromatic carbocycles. The molecule has 21 heavy (non-hydrogen) atoms. The molecule has 0 radical (unpaired) electrons. The van der Waals surface area contributed by atoms with E-state index in [1.165, 1.54) is 6.07 Å². The molecule has 1 heterocycles. The number of hydrogen-bond acceptors (Lipinski definition) is 2. The van der Waals surface area contributed by atoms with Gasteiger partial charge in [-0.3, -0.25) is 9.59 Å². The van der Waals surface area contributed by atoms with E-state index >= 15 is 0 Å². The zero-order valence-corrected chi connectivity index (χ0v) is 12.1. The van der Waals surface area contributed by atoms with Gasteiger partial charge in [0.25, 0.3) is 0 Å². The van der Waals surface area contributed by atoms with Crippen LogP contribution in [0.15, 0.2) is 36.9 Å².